The fourth-order valence-electron chi connectivity index (χ4n) is 4.49. The highest BCUT2D eigenvalue weighted by Crippen LogP contribution is 2.32. The van der Waals surface area contributed by atoms with Gasteiger partial charge in [-0.15, -0.1) is 13.2 Å². The minimum Gasteiger partial charge on any atom is -0.490 e. The number of hydrogen-bond donors (Lipinski definition) is 0. The molecule has 0 spiro atoms. The Balaban J connectivity index is 1.07. The van der Waals surface area contributed by atoms with Gasteiger partial charge in [-0.3, -0.25) is 4.57 Å². The largest absolute Gasteiger partial charge is 0.573 e. The Bertz CT molecular complexity index is 1250. The lowest BCUT2D eigenvalue weighted by Gasteiger charge is -2.33. The zero-order valence-electron chi connectivity index (χ0n) is 20.4. The van der Waals surface area contributed by atoms with E-state index in [1.54, 1.807) is 4.57 Å². The van der Waals surface area contributed by atoms with Gasteiger partial charge in [0.2, 0.25) is 0 Å². The summed E-state index contributed by atoms with van der Waals surface area (Å²) in [5.74, 6) is 0.643. The monoisotopic (exact) mass is 534 g/mol. The van der Waals surface area contributed by atoms with Gasteiger partial charge in [0.25, 0.3) is 0 Å². The van der Waals surface area contributed by atoms with E-state index in [0.29, 0.717) is 18.0 Å². The standard InChI is InChI=1S/C25H25F3N4O6/c1-24(15-31-14-22(32(33)34)29-23(31)38-24)16-35-18-4-2-17(3-5-18)30-12-10-20(11-13-30)36-19-6-8-21(9-7-19)37-25(26,27)28/h2-9,14,20H,10-13,15-16H2,1H3. The Morgan fingerprint density at radius 1 is 1.08 bits per heavy atom. The van der Waals surface area contributed by atoms with Crippen LogP contribution < -0.4 is 23.8 Å². The van der Waals surface area contributed by atoms with E-state index >= 15 is 0 Å². The van der Waals surface area contributed by atoms with Gasteiger partial charge in [0.15, 0.2) is 5.60 Å². The first-order chi connectivity index (χ1) is 18.1. The SMILES string of the molecule is CC1(COc2ccc(N3CCC(Oc4ccc(OC(F)(F)F)cc4)CC3)cc2)Cn2cc([N+](=O)[O-])nc2O1. The molecule has 38 heavy (non-hydrogen) atoms. The summed E-state index contributed by atoms with van der Waals surface area (Å²) in [5, 5.41) is 10.9. The van der Waals surface area contributed by atoms with Gasteiger partial charge < -0.3 is 34.0 Å². The fourth-order valence-corrected chi connectivity index (χ4v) is 4.49. The average Bonchev–Trinajstić information content (AvgIpc) is 3.40. The number of imidazole rings is 1. The summed E-state index contributed by atoms with van der Waals surface area (Å²) in [6.45, 7) is 4.03. The van der Waals surface area contributed by atoms with Crippen LogP contribution in [0.2, 0.25) is 0 Å². The molecule has 2 aliphatic rings. The molecule has 0 saturated carbocycles. The maximum Gasteiger partial charge on any atom is 0.573 e. The number of nitrogens with zero attached hydrogens (tertiary/aromatic N) is 4. The molecule has 0 bridgehead atoms. The summed E-state index contributed by atoms with van der Waals surface area (Å²) < 4.78 is 60.1. The van der Waals surface area contributed by atoms with Gasteiger partial charge in [0, 0.05) is 36.6 Å². The molecule has 0 aliphatic carbocycles. The van der Waals surface area contributed by atoms with E-state index in [-0.39, 0.29) is 30.3 Å². The summed E-state index contributed by atoms with van der Waals surface area (Å²) in [6.07, 6.45) is -1.87. The van der Waals surface area contributed by atoms with E-state index in [9.17, 15) is 23.3 Å². The van der Waals surface area contributed by atoms with E-state index < -0.39 is 16.9 Å². The zero-order chi connectivity index (χ0) is 26.9. The summed E-state index contributed by atoms with van der Waals surface area (Å²) >= 11 is 0. The molecule has 2 aliphatic heterocycles. The number of alkyl halides is 3. The smallest absolute Gasteiger partial charge is 0.490 e. The number of fused-ring (bicyclic) bond motifs is 1. The second-order valence-corrected chi connectivity index (χ2v) is 9.42. The number of ether oxygens (including phenoxy) is 4. The van der Waals surface area contributed by atoms with Crippen LogP contribution >= 0.6 is 0 Å². The third kappa shape index (κ3) is 6.03. The lowest BCUT2D eigenvalue weighted by Crippen LogP contribution is -2.38. The van der Waals surface area contributed by atoms with Crippen molar-refractivity contribution in [1.29, 1.82) is 0 Å². The Morgan fingerprint density at radius 3 is 2.32 bits per heavy atom. The molecule has 202 valence electrons. The van der Waals surface area contributed by atoms with Gasteiger partial charge in [-0.25, -0.2) is 0 Å². The minimum absolute atomic E-state index is 0.0356. The second-order valence-electron chi connectivity index (χ2n) is 9.42. The molecule has 5 rings (SSSR count). The van der Waals surface area contributed by atoms with Crippen molar-refractivity contribution in [2.24, 2.45) is 0 Å². The third-order valence-corrected chi connectivity index (χ3v) is 6.30. The lowest BCUT2D eigenvalue weighted by molar-refractivity contribution is -0.389. The summed E-state index contributed by atoms with van der Waals surface area (Å²) in [7, 11) is 0. The van der Waals surface area contributed by atoms with Crippen LogP contribution in [-0.2, 0) is 6.54 Å². The highest BCUT2D eigenvalue weighted by molar-refractivity contribution is 5.49. The average molecular weight is 534 g/mol. The quantitative estimate of drug-likeness (QED) is 0.295. The normalized spacial score (nSPS) is 19.5. The maximum absolute atomic E-state index is 12.3. The molecule has 10 nitrogen and oxygen atoms in total. The molecule has 2 aromatic carbocycles. The molecule has 13 heteroatoms. The molecule has 3 aromatic rings. The van der Waals surface area contributed by atoms with Crippen molar-refractivity contribution in [2.75, 3.05) is 24.6 Å². The number of nitro groups is 1. The second kappa shape index (κ2) is 9.95. The van der Waals surface area contributed by atoms with Gasteiger partial charge in [-0.2, -0.15) is 0 Å². The van der Waals surface area contributed by atoms with Crippen molar-refractivity contribution < 1.29 is 37.0 Å². The number of hydrogen-bond acceptors (Lipinski definition) is 8. The van der Waals surface area contributed by atoms with E-state index in [0.717, 1.165) is 31.6 Å². The van der Waals surface area contributed by atoms with Crippen LogP contribution in [0.15, 0.2) is 54.7 Å². The lowest BCUT2D eigenvalue weighted by atomic mass is 10.1. The van der Waals surface area contributed by atoms with Gasteiger partial charge in [-0.1, -0.05) is 0 Å². The van der Waals surface area contributed by atoms with Gasteiger partial charge >= 0.3 is 18.2 Å². The van der Waals surface area contributed by atoms with Crippen molar-refractivity contribution in [3.8, 4) is 23.3 Å². The topological polar surface area (TPSA) is 101 Å². The number of piperidine rings is 1. The molecule has 1 unspecified atom stereocenters. The van der Waals surface area contributed by atoms with E-state index in [2.05, 4.69) is 14.6 Å². The molecule has 1 fully saturated rings. The Kier molecular flexibility index (Phi) is 6.67. The molecule has 1 saturated heterocycles. The number of benzene rings is 2. The Labute approximate surface area is 215 Å². The first-order valence-electron chi connectivity index (χ1n) is 12.0. The molecular weight excluding hydrogens is 509 g/mol. The van der Waals surface area contributed by atoms with Crippen LogP contribution in [0.25, 0.3) is 0 Å². The first-order valence-corrected chi connectivity index (χ1v) is 12.0. The number of anilines is 1. The van der Waals surface area contributed by atoms with Crippen LogP contribution in [0.5, 0.6) is 23.3 Å². The van der Waals surface area contributed by atoms with Crippen molar-refractivity contribution in [3.63, 3.8) is 0 Å². The number of halogens is 3. The van der Waals surface area contributed by atoms with Crippen molar-refractivity contribution in [2.45, 2.75) is 44.4 Å². The van der Waals surface area contributed by atoms with Crippen LogP contribution in [0.4, 0.5) is 24.7 Å². The fraction of sp³-hybridized carbons (Fsp3) is 0.400. The van der Waals surface area contributed by atoms with Gasteiger partial charge in [-0.05, 0) is 60.4 Å². The summed E-state index contributed by atoms with van der Waals surface area (Å²) in [5.41, 5.74) is 0.351. The predicted molar refractivity (Wildman–Crippen MR) is 129 cm³/mol. The Hall–Kier alpha value is -4.16. The molecule has 1 aromatic heterocycles. The van der Waals surface area contributed by atoms with Crippen molar-refractivity contribution in [1.82, 2.24) is 9.55 Å². The summed E-state index contributed by atoms with van der Waals surface area (Å²) in [6, 6.07) is 13.3. The van der Waals surface area contributed by atoms with Gasteiger partial charge in [0.1, 0.15) is 36.2 Å². The van der Waals surface area contributed by atoms with E-state index in [1.165, 1.54) is 30.5 Å². The Morgan fingerprint density at radius 2 is 1.71 bits per heavy atom. The number of rotatable bonds is 8. The molecular formula is C25H25F3N4O6. The molecule has 0 radical (unpaired) electrons. The third-order valence-electron chi connectivity index (χ3n) is 6.30. The molecule has 3 heterocycles. The highest BCUT2D eigenvalue weighted by Gasteiger charge is 2.41. The van der Waals surface area contributed by atoms with Crippen molar-refractivity contribution in [3.05, 3.63) is 64.8 Å². The van der Waals surface area contributed by atoms with E-state index in [4.69, 9.17) is 14.2 Å². The highest BCUT2D eigenvalue weighted by atomic mass is 19.4. The molecule has 0 amide bonds. The summed E-state index contributed by atoms with van der Waals surface area (Å²) in [4.78, 5) is 16.4. The molecule has 0 N–H and O–H groups in total. The predicted octanol–water partition coefficient (Wildman–Crippen LogP) is 4.97. The first kappa shape index (κ1) is 25.5. The maximum atomic E-state index is 12.3. The van der Waals surface area contributed by atoms with Crippen LogP contribution in [0.1, 0.15) is 19.8 Å². The van der Waals surface area contributed by atoms with Crippen LogP contribution in [0, 0.1) is 10.1 Å². The minimum atomic E-state index is -4.72. The zero-order valence-corrected chi connectivity index (χ0v) is 20.4. The van der Waals surface area contributed by atoms with Crippen molar-refractivity contribution >= 4 is 11.5 Å². The van der Waals surface area contributed by atoms with Crippen LogP contribution in [-0.4, -0.2) is 52.2 Å². The number of aromatic nitrogens is 2. The van der Waals surface area contributed by atoms with E-state index in [1.807, 2.05) is 31.2 Å². The molecule has 1 atom stereocenters. The van der Waals surface area contributed by atoms with Gasteiger partial charge in [0.05, 0.1) is 6.54 Å². The van der Waals surface area contributed by atoms with Crippen LogP contribution in [0.3, 0.4) is 0 Å².